The molecule has 0 aliphatic carbocycles. The number of hydrogen-bond donors (Lipinski definition) is 2. The van der Waals surface area contributed by atoms with Gasteiger partial charge in [-0.3, -0.25) is 4.79 Å². The van der Waals surface area contributed by atoms with Gasteiger partial charge in [0.2, 0.25) is 0 Å². The number of benzene rings is 2. The van der Waals surface area contributed by atoms with Crippen molar-refractivity contribution in [3.05, 3.63) is 62.0 Å². The molecule has 0 bridgehead atoms. The van der Waals surface area contributed by atoms with E-state index in [4.69, 9.17) is 28.9 Å². The van der Waals surface area contributed by atoms with Crippen LogP contribution in [0.1, 0.15) is 15.9 Å². The molecular weight excluding hydrogens is 363 g/mol. The number of rotatable bonds is 3. The van der Waals surface area contributed by atoms with Gasteiger partial charge < -0.3 is 11.1 Å². The number of nitrogens with one attached hydrogen (secondary N) is 1. The molecule has 0 unspecified atom stereocenters. The first-order chi connectivity index (χ1) is 9.47. The minimum atomic E-state index is -0.253. The van der Waals surface area contributed by atoms with Gasteiger partial charge in [0.25, 0.3) is 5.91 Å². The molecule has 3 N–H and O–H groups in total. The molecular formula is C14H11BrCl2N2O. The minimum absolute atomic E-state index is 0.253. The molecule has 0 atom stereocenters. The van der Waals surface area contributed by atoms with Crippen molar-refractivity contribution in [2.24, 2.45) is 0 Å². The average Bonchev–Trinajstić information content (AvgIpc) is 2.43. The Labute approximate surface area is 135 Å². The van der Waals surface area contributed by atoms with E-state index in [2.05, 4.69) is 21.2 Å². The highest BCUT2D eigenvalue weighted by Gasteiger charge is 2.11. The van der Waals surface area contributed by atoms with Gasteiger partial charge in [-0.05, 0) is 29.8 Å². The first kappa shape index (κ1) is 15.2. The monoisotopic (exact) mass is 372 g/mol. The number of nitrogens with two attached hydrogens (primary N) is 1. The Kier molecular flexibility index (Phi) is 4.91. The van der Waals surface area contributed by atoms with Gasteiger partial charge >= 0.3 is 0 Å². The molecule has 0 aliphatic rings. The first-order valence-electron chi connectivity index (χ1n) is 5.74. The number of amides is 1. The Bertz CT molecular complexity index is 621. The zero-order valence-corrected chi connectivity index (χ0v) is 13.4. The molecule has 1 amide bonds. The van der Waals surface area contributed by atoms with Crippen LogP contribution in [0.25, 0.3) is 0 Å². The lowest BCUT2D eigenvalue weighted by Gasteiger charge is -2.08. The van der Waals surface area contributed by atoms with E-state index in [1.54, 1.807) is 0 Å². The Morgan fingerprint density at radius 2 is 1.70 bits per heavy atom. The Morgan fingerprint density at radius 3 is 2.25 bits per heavy atom. The Hall–Kier alpha value is -1.23. The van der Waals surface area contributed by atoms with E-state index in [-0.39, 0.29) is 21.6 Å². The molecule has 104 valence electrons. The molecule has 2 rings (SSSR count). The molecule has 0 aliphatic heterocycles. The molecule has 0 aromatic heterocycles. The number of hydrogen-bond acceptors (Lipinski definition) is 2. The van der Waals surface area contributed by atoms with Crippen molar-refractivity contribution in [1.29, 1.82) is 0 Å². The highest BCUT2D eigenvalue weighted by atomic mass is 79.9. The van der Waals surface area contributed by atoms with Crippen molar-refractivity contribution in [3.63, 3.8) is 0 Å². The number of carbonyl (C=O) groups is 1. The van der Waals surface area contributed by atoms with Gasteiger partial charge in [-0.25, -0.2) is 0 Å². The number of carbonyl (C=O) groups excluding carboxylic acids is 1. The maximum absolute atomic E-state index is 12.0. The molecule has 2 aromatic rings. The van der Waals surface area contributed by atoms with E-state index >= 15 is 0 Å². The molecule has 0 radical (unpaired) electrons. The molecule has 0 saturated heterocycles. The van der Waals surface area contributed by atoms with Crippen molar-refractivity contribution < 1.29 is 4.79 Å². The highest BCUT2D eigenvalue weighted by molar-refractivity contribution is 9.10. The Morgan fingerprint density at radius 1 is 1.15 bits per heavy atom. The summed E-state index contributed by atoms with van der Waals surface area (Å²) in [5.41, 5.74) is 7.28. The third-order valence-electron chi connectivity index (χ3n) is 2.71. The minimum Gasteiger partial charge on any atom is -0.396 e. The summed E-state index contributed by atoms with van der Waals surface area (Å²) >= 11 is 15.2. The van der Waals surface area contributed by atoms with Crippen molar-refractivity contribution in [3.8, 4) is 0 Å². The third-order valence-corrected chi connectivity index (χ3v) is 3.86. The molecule has 0 saturated carbocycles. The van der Waals surface area contributed by atoms with Crippen LogP contribution in [0.4, 0.5) is 5.69 Å². The van der Waals surface area contributed by atoms with Crippen LogP contribution in [0, 0.1) is 0 Å². The van der Waals surface area contributed by atoms with E-state index in [0.29, 0.717) is 12.1 Å². The quantitative estimate of drug-likeness (QED) is 0.789. The van der Waals surface area contributed by atoms with E-state index in [0.717, 1.165) is 10.0 Å². The molecule has 0 fully saturated rings. The predicted octanol–water partition coefficient (Wildman–Crippen LogP) is 4.27. The van der Waals surface area contributed by atoms with Crippen molar-refractivity contribution in [2.45, 2.75) is 6.54 Å². The summed E-state index contributed by atoms with van der Waals surface area (Å²) in [5.74, 6) is -0.253. The molecule has 3 nitrogen and oxygen atoms in total. The summed E-state index contributed by atoms with van der Waals surface area (Å²) in [4.78, 5) is 12.0. The largest absolute Gasteiger partial charge is 0.396 e. The summed E-state index contributed by atoms with van der Waals surface area (Å²) in [6.45, 7) is 0.422. The van der Waals surface area contributed by atoms with Gasteiger partial charge in [-0.1, -0.05) is 51.3 Å². The lowest BCUT2D eigenvalue weighted by atomic mass is 10.1. The fourth-order valence-corrected chi connectivity index (χ4v) is 2.35. The fraction of sp³-hybridized carbons (Fsp3) is 0.0714. The standard InChI is InChI=1S/C14H11BrCl2N2O/c15-10-3-1-8(2-4-10)7-19-14(20)9-5-11(16)13(18)12(17)6-9/h1-6H,7,18H2,(H,19,20). The maximum Gasteiger partial charge on any atom is 0.251 e. The third kappa shape index (κ3) is 3.66. The van der Waals surface area contributed by atoms with Gasteiger partial charge in [0, 0.05) is 16.6 Å². The van der Waals surface area contributed by atoms with Crippen LogP contribution in [-0.4, -0.2) is 5.91 Å². The molecule has 20 heavy (non-hydrogen) atoms. The zero-order valence-electron chi connectivity index (χ0n) is 10.3. The van der Waals surface area contributed by atoms with Crippen molar-refractivity contribution in [1.82, 2.24) is 5.32 Å². The van der Waals surface area contributed by atoms with E-state index in [1.807, 2.05) is 24.3 Å². The summed E-state index contributed by atoms with van der Waals surface area (Å²) in [6.07, 6.45) is 0. The van der Waals surface area contributed by atoms with E-state index < -0.39 is 0 Å². The van der Waals surface area contributed by atoms with Gasteiger partial charge in [-0.2, -0.15) is 0 Å². The van der Waals surface area contributed by atoms with Crippen LogP contribution in [-0.2, 0) is 6.54 Å². The second-order valence-corrected chi connectivity index (χ2v) is 5.89. The number of halogens is 3. The SMILES string of the molecule is Nc1c(Cl)cc(C(=O)NCc2ccc(Br)cc2)cc1Cl. The smallest absolute Gasteiger partial charge is 0.251 e. The average molecular weight is 374 g/mol. The summed E-state index contributed by atoms with van der Waals surface area (Å²) in [6, 6.07) is 10.7. The molecule has 6 heteroatoms. The maximum atomic E-state index is 12.0. The van der Waals surface area contributed by atoms with Crippen molar-refractivity contribution in [2.75, 3.05) is 5.73 Å². The summed E-state index contributed by atoms with van der Waals surface area (Å²) < 4.78 is 0.990. The number of nitrogen functional groups attached to an aromatic ring is 1. The van der Waals surface area contributed by atoms with Crippen LogP contribution in [0.5, 0.6) is 0 Å². The zero-order chi connectivity index (χ0) is 14.7. The van der Waals surface area contributed by atoms with Crippen LogP contribution in [0.2, 0.25) is 10.0 Å². The molecule has 0 heterocycles. The van der Waals surface area contributed by atoms with Gasteiger partial charge in [0.05, 0.1) is 15.7 Å². The van der Waals surface area contributed by atoms with Gasteiger partial charge in [0.1, 0.15) is 0 Å². The van der Waals surface area contributed by atoms with Gasteiger partial charge in [0.15, 0.2) is 0 Å². The van der Waals surface area contributed by atoms with E-state index in [9.17, 15) is 4.79 Å². The van der Waals surface area contributed by atoms with E-state index in [1.165, 1.54) is 12.1 Å². The topological polar surface area (TPSA) is 55.1 Å². The molecule has 2 aromatic carbocycles. The lowest BCUT2D eigenvalue weighted by molar-refractivity contribution is 0.0951. The number of anilines is 1. The first-order valence-corrected chi connectivity index (χ1v) is 7.29. The lowest BCUT2D eigenvalue weighted by Crippen LogP contribution is -2.22. The second-order valence-electron chi connectivity index (χ2n) is 4.16. The second kappa shape index (κ2) is 6.48. The molecule has 0 spiro atoms. The Balaban J connectivity index is 2.07. The summed E-state index contributed by atoms with van der Waals surface area (Å²) in [5, 5.41) is 3.34. The van der Waals surface area contributed by atoms with Crippen LogP contribution < -0.4 is 11.1 Å². The van der Waals surface area contributed by atoms with Gasteiger partial charge in [-0.15, -0.1) is 0 Å². The van der Waals surface area contributed by atoms with Crippen LogP contribution in [0.15, 0.2) is 40.9 Å². The highest BCUT2D eigenvalue weighted by Crippen LogP contribution is 2.28. The predicted molar refractivity (Wildman–Crippen MR) is 86.2 cm³/mol. The van der Waals surface area contributed by atoms with Crippen LogP contribution >= 0.6 is 39.1 Å². The van der Waals surface area contributed by atoms with Crippen molar-refractivity contribution >= 4 is 50.7 Å². The fourth-order valence-electron chi connectivity index (χ4n) is 1.60. The normalized spacial score (nSPS) is 10.3. The van der Waals surface area contributed by atoms with Crippen LogP contribution in [0.3, 0.4) is 0 Å². The summed E-state index contributed by atoms with van der Waals surface area (Å²) in [7, 11) is 0.